The van der Waals surface area contributed by atoms with E-state index in [0.717, 1.165) is 24.0 Å². The number of nitriles is 1. The van der Waals surface area contributed by atoms with Crippen LogP contribution >= 0.6 is 0 Å². The zero-order valence-electron chi connectivity index (χ0n) is 19.8. The van der Waals surface area contributed by atoms with Gasteiger partial charge >= 0.3 is 5.97 Å². The summed E-state index contributed by atoms with van der Waals surface area (Å²) in [5.41, 5.74) is 2.40. The van der Waals surface area contributed by atoms with Gasteiger partial charge in [0, 0.05) is 36.2 Å². The number of ether oxygens (including phenoxy) is 1. The van der Waals surface area contributed by atoms with Crippen LogP contribution in [0.4, 0.5) is 5.69 Å². The molecule has 5 rings (SSSR count). The Balaban J connectivity index is 1.33. The average molecular weight is 489 g/mol. The number of carbonyl (C=O) groups excluding carboxylic acids is 2. The number of aliphatic carboxylic acids is 1. The van der Waals surface area contributed by atoms with Crippen molar-refractivity contribution in [2.75, 3.05) is 18.5 Å². The Hall–Kier alpha value is -3.90. The van der Waals surface area contributed by atoms with Crippen LogP contribution in [-0.2, 0) is 21.5 Å². The van der Waals surface area contributed by atoms with Gasteiger partial charge in [0.1, 0.15) is 11.8 Å². The minimum Gasteiger partial charge on any atom is -0.493 e. The van der Waals surface area contributed by atoms with E-state index in [0.29, 0.717) is 60.9 Å². The summed E-state index contributed by atoms with van der Waals surface area (Å²) < 4.78 is 5.81. The number of benzene rings is 2. The van der Waals surface area contributed by atoms with Crippen LogP contribution in [-0.4, -0.2) is 42.1 Å². The molecular weight excluding hydrogens is 460 g/mol. The zero-order chi connectivity index (χ0) is 25.3. The Kier molecular flexibility index (Phi) is 6.37. The van der Waals surface area contributed by atoms with Gasteiger partial charge in [0.15, 0.2) is 0 Å². The van der Waals surface area contributed by atoms with Crippen LogP contribution in [0.15, 0.2) is 36.4 Å². The summed E-state index contributed by atoms with van der Waals surface area (Å²) in [6.45, 7) is 1.12. The summed E-state index contributed by atoms with van der Waals surface area (Å²) in [7, 11) is 0. The van der Waals surface area contributed by atoms with E-state index < -0.39 is 17.6 Å². The fourth-order valence-corrected chi connectivity index (χ4v) is 4.83. The lowest BCUT2D eigenvalue weighted by atomic mass is 9.87. The smallest absolute Gasteiger partial charge is 0.303 e. The van der Waals surface area contributed by atoms with Gasteiger partial charge in [0.2, 0.25) is 5.91 Å². The molecule has 0 bridgehead atoms. The summed E-state index contributed by atoms with van der Waals surface area (Å²) >= 11 is 0. The first kappa shape index (κ1) is 23.8. The summed E-state index contributed by atoms with van der Waals surface area (Å²) in [5, 5.41) is 27.5. The van der Waals surface area contributed by atoms with Crippen LogP contribution in [0.2, 0.25) is 0 Å². The van der Waals surface area contributed by atoms with Crippen LogP contribution in [0.3, 0.4) is 0 Å². The molecule has 36 heavy (non-hydrogen) atoms. The Bertz CT molecular complexity index is 1270. The molecule has 3 aliphatic rings. The van der Waals surface area contributed by atoms with Crippen LogP contribution in [0.5, 0.6) is 5.75 Å². The Labute approximate surface area is 208 Å². The third-order valence-corrected chi connectivity index (χ3v) is 7.13. The van der Waals surface area contributed by atoms with Gasteiger partial charge in [-0.3, -0.25) is 19.7 Å². The molecule has 1 spiro atoms. The minimum absolute atomic E-state index is 0.0219. The fourth-order valence-electron chi connectivity index (χ4n) is 4.83. The van der Waals surface area contributed by atoms with Gasteiger partial charge in [-0.2, -0.15) is 5.26 Å². The monoisotopic (exact) mass is 488 g/mol. The van der Waals surface area contributed by atoms with Gasteiger partial charge in [-0.1, -0.05) is 6.07 Å². The molecule has 2 fully saturated rings. The molecule has 2 aromatic rings. The number of carboxylic acid groups (broad SMARTS) is 1. The van der Waals surface area contributed by atoms with Gasteiger partial charge in [-0.05, 0) is 67.5 Å². The maximum atomic E-state index is 13.3. The number of hydrogen-bond donors (Lipinski definition) is 4. The topological polar surface area (TPSA) is 150 Å². The number of carbonyl (C=O) groups is 3. The molecule has 4 N–H and O–H groups in total. The number of nitrogens with zero attached hydrogens (tertiary/aromatic N) is 1. The first-order valence-electron chi connectivity index (χ1n) is 12.3. The van der Waals surface area contributed by atoms with Crippen molar-refractivity contribution < 1.29 is 24.2 Å². The van der Waals surface area contributed by atoms with Crippen LogP contribution < -0.4 is 20.7 Å². The molecule has 2 aromatic carbocycles. The number of carboxylic acids is 1. The molecule has 1 aliphatic carbocycles. The molecular formula is C27H28N4O5. The second-order valence-corrected chi connectivity index (χ2v) is 9.73. The van der Waals surface area contributed by atoms with E-state index >= 15 is 0 Å². The van der Waals surface area contributed by atoms with Crippen LogP contribution in [0.25, 0.3) is 0 Å². The molecule has 2 unspecified atom stereocenters. The number of hydrogen-bond acceptors (Lipinski definition) is 6. The normalized spacial score (nSPS) is 21.6. The van der Waals surface area contributed by atoms with Gasteiger partial charge in [0.25, 0.3) is 5.91 Å². The molecule has 1 saturated heterocycles. The van der Waals surface area contributed by atoms with Crippen molar-refractivity contribution in [3.63, 3.8) is 0 Å². The Morgan fingerprint density at radius 2 is 2.03 bits per heavy atom. The molecule has 1 saturated carbocycles. The van der Waals surface area contributed by atoms with E-state index in [9.17, 15) is 19.6 Å². The second-order valence-electron chi connectivity index (χ2n) is 9.73. The van der Waals surface area contributed by atoms with Crippen molar-refractivity contribution in [2.45, 2.75) is 50.1 Å². The highest BCUT2D eigenvalue weighted by Gasteiger charge is 2.61. The molecule has 9 heteroatoms. The SMILES string of the molecule is N#Cc1ccc(CCCC(=O)O)c(NC(=O)C2NC23CCOc2ccc(C(=O)NCC4CC4)cc23)c1. The quantitative estimate of drug-likeness (QED) is 0.396. The van der Waals surface area contributed by atoms with Crippen molar-refractivity contribution in [3.05, 3.63) is 58.7 Å². The Morgan fingerprint density at radius 1 is 1.19 bits per heavy atom. The van der Waals surface area contributed by atoms with Gasteiger partial charge < -0.3 is 20.5 Å². The van der Waals surface area contributed by atoms with E-state index in [1.54, 1.807) is 30.3 Å². The summed E-state index contributed by atoms with van der Waals surface area (Å²) in [6.07, 6.45) is 3.79. The maximum absolute atomic E-state index is 13.3. The van der Waals surface area contributed by atoms with E-state index in [1.807, 2.05) is 6.07 Å². The lowest BCUT2D eigenvalue weighted by Gasteiger charge is -2.26. The van der Waals surface area contributed by atoms with Gasteiger partial charge in [0.05, 0.1) is 23.8 Å². The van der Waals surface area contributed by atoms with Crippen molar-refractivity contribution in [2.24, 2.45) is 5.92 Å². The van der Waals surface area contributed by atoms with Crippen LogP contribution in [0, 0.1) is 17.2 Å². The van der Waals surface area contributed by atoms with Crippen LogP contribution in [0.1, 0.15) is 59.2 Å². The predicted molar refractivity (Wildman–Crippen MR) is 131 cm³/mol. The van der Waals surface area contributed by atoms with E-state index in [4.69, 9.17) is 9.84 Å². The van der Waals surface area contributed by atoms with E-state index in [1.165, 1.54) is 0 Å². The average Bonchev–Trinajstić information content (AvgIpc) is 3.80. The van der Waals surface area contributed by atoms with Gasteiger partial charge in [-0.25, -0.2) is 0 Å². The third-order valence-electron chi connectivity index (χ3n) is 7.13. The summed E-state index contributed by atoms with van der Waals surface area (Å²) in [4.78, 5) is 36.9. The summed E-state index contributed by atoms with van der Waals surface area (Å²) in [5.74, 6) is -0.0267. The number of fused-ring (bicyclic) bond motifs is 2. The van der Waals surface area contributed by atoms with E-state index in [-0.39, 0.29) is 18.2 Å². The van der Waals surface area contributed by atoms with Crippen molar-refractivity contribution in [1.29, 1.82) is 5.26 Å². The largest absolute Gasteiger partial charge is 0.493 e. The molecule has 9 nitrogen and oxygen atoms in total. The van der Waals surface area contributed by atoms with Crippen molar-refractivity contribution in [3.8, 4) is 11.8 Å². The third kappa shape index (κ3) is 4.90. The number of rotatable bonds is 9. The first-order chi connectivity index (χ1) is 17.4. The highest BCUT2D eigenvalue weighted by Crippen LogP contribution is 2.48. The highest BCUT2D eigenvalue weighted by molar-refractivity contribution is 6.00. The Morgan fingerprint density at radius 3 is 2.78 bits per heavy atom. The number of anilines is 1. The maximum Gasteiger partial charge on any atom is 0.303 e. The van der Waals surface area contributed by atoms with Gasteiger partial charge in [-0.15, -0.1) is 0 Å². The van der Waals surface area contributed by atoms with Crippen molar-refractivity contribution >= 4 is 23.5 Å². The molecule has 0 aromatic heterocycles. The molecule has 2 aliphatic heterocycles. The molecule has 0 radical (unpaired) electrons. The number of aryl methyl sites for hydroxylation is 1. The second kappa shape index (κ2) is 9.63. The molecule has 2 amide bonds. The number of nitrogens with one attached hydrogen (secondary N) is 3. The lowest BCUT2D eigenvalue weighted by Crippen LogP contribution is -2.31. The molecule has 186 valence electrons. The highest BCUT2D eigenvalue weighted by atomic mass is 16.5. The minimum atomic E-state index is -0.878. The zero-order valence-corrected chi connectivity index (χ0v) is 19.8. The molecule has 2 heterocycles. The standard InChI is InChI=1S/C27H28N4O5/c28-14-17-6-7-18(2-1-3-23(32)33)21(12-17)30-26(35)24-27(31-24)10-11-36-22-9-8-19(13-20(22)27)25(34)29-15-16-4-5-16/h6-9,12-13,16,24,31H,1-5,10-11,15H2,(H,29,34)(H,30,35)(H,32,33). The lowest BCUT2D eigenvalue weighted by molar-refractivity contribution is -0.137. The van der Waals surface area contributed by atoms with E-state index in [2.05, 4.69) is 22.0 Å². The van der Waals surface area contributed by atoms with Crippen molar-refractivity contribution in [1.82, 2.24) is 10.6 Å². The molecule has 2 atom stereocenters. The fraction of sp³-hybridized carbons (Fsp3) is 0.407. The predicted octanol–water partition coefficient (Wildman–Crippen LogP) is 2.69. The number of amides is 2. The first-order valence-corrected chi connectivity index (χ1v) is 12.3. The summed E-state index contributed by atoms with van der Waals surface area (Å²) in [6, 6.07) is 11.9.